The number of rotatable bonds is 11. The van der Waals surface area contributed by atoms with Gasteiger partial charge in [-0.25, -0.2) is 5.43 Å². The molecule has 0 saturated carbocycles. The fourth-order valence-corrected chi connectivity index (χ4v) is 3.96. The smallest absolute Gasteiger partial charge is 0.318 e. The van der Waals surface area contributed by atoms with Gasteiger partial charge in [-0.3, -0.25) is 25.0 Å². The minimum absolute atomic E-state index is 0.118. The first-order valence-electron chi connectivity index (χ1n) is 12.3. The number of nitrogens with one attached hydrogen (secondary N) is 1. The molecule has 1 amide bonds. The average molecular weight is 557 g/mol. The highest BCUT2D eigenvalue weighted by molar-refractivity contribution is 5.91. The van der Waals surface area contributed by atoms with Gasteiger partial charge < -0.3 is 14.6 Å². The third kappa shape index (κ3) is 6.34. The van der Waals surface area contributed by atoms with Gasteiger partial charge in [0.15, 0.2) is 17.1 Å². The number of benzene rings is 4. The fourth-order valence-electron chi connectivity index (χ4n) is 3.96. The molecule has 4 rings (SSSR count). The molecule has 4 aromatic rings. The van der Waals surface area contributed by atoms with Gasteiger partial charge in [0.1, 0.15) is 0 Å². The predicted octanol–water partition coefficient (Wildman–Crippen LogP) is 5.08. The lowest BCUT2D eigenvalue weighted by Gasteiger charge is -2.27. The summed E-state index contributed by atoms with van der Waals surface area (Å²) in [6.07, 6.45) is 1.33. The van der Waals surface area contributed by atoms with Crippen molar-refractivity contribution in [3.8, 4) is 17.2 Å². The molecular weight excluding hydrogens is 532 g/mol. The lowest BCUT2D eigenvalue weighted by atomic mass is 9.85. The molecule has 4 aromatic carbocycles. The monoisotopic (exact) mass is 556 g/mol. The van der Waals surface area contributed by atoms with Crippen molar-refractivity contribution in [2.45, 2.75) is 12.5 Å². The van der Waals surface area contributed by atoms with Gasteiger partial charge >= 0.3 is 5.69 Å². The molecule has 0 aliphatic rings. The van der Waals surface area contributed by atoms with Crippen molar-refractivity contribution < 1.29 is 29.2 Å². The SMILES string of the molecule is CCOc1cc(/C=N\NC(=O)C(O)(c2ccccc2)c2ccccc2)ccc1Oc1ccc([N+](=O)[O-])cc1[N+](=O)[O-]. The largest absolute Gasteiger partial charge is 0.490 e. The Morgan fingerprint density at radius 2 is 1.49 bits per heavy atom. The van der Waals surface area contributed by atoms with Gasteiger partial charge in [-0.2, -0.15) is 5.10 Å². The number of nitro benzene ring substituents is 2. The average Bonchev–Trinajstić information content (AvgIpc) is 2.98. The molecule has 0 unspecified atom stereocenters. The molecule has 0 fully saturated rings. The number of aliphatic hydroxyl groups is 1. The van der Waals surface area contributed by atoms with E-state index in [2.05, 4.69) is 10.5 Å². The topological polar surface area (TPSA) is 166 Å². The molecule has 0 radical (unpaired) electrons. The third-order valence-electron chi connectivity index (χ3n) is 5.93. The number of hydrogen-bond donors (Lipinski definition) is 2. The van der Waals surface area contributed by atoms with Crippen LogP contribution >= 0.6 is 0 Å². The molecule has 0 aliphatic carbocycles. The van der Waals surface area contributed by atoms with Crippen LogP contribution in [0.1, 0.15) is 23.6 Å². The van der Waals surface area contributed by atoms with Crippen LogP contribution < -0.4 is 14.9 Å². The van der Waals surface area contributed by atoms with Gasteiger partial charge in [-0.1, -0.05) is 60.7 Å². The van der Waals surface area contributed by atoms with E-state index in [4.69, 9.17) is 9.47 Å². The van der Waals surface area contributed by atoms with Crippen molar-refractivity contribution in [2.75, 3.05) is 6.61 Å². The number of non-ortho nitro benzene ring substituents is 1. The summed E-state index contributed by atoms with van der Waals surface area (Å²) in [6, 6.07) is 24.6. The summed E-state index contributed by atoms with van der Waals surface area (Å²) in [5.41, 5.74) is 0.542. The summed E-state index contributed by atoms with van der Waals surface area (Å²) in [5.74, 6) is -0.661. The molecule has 0 aliphatic heterocycles. The molecule has 208 valence electrons. The lowest BCUT2D eigenvalue weighted by molar-refractivity contribution is -0.394. The molecule has 12 nitrogen and oxygen atoms in total. The molecular formula is C29H24N4O8. The minimum atomic E-state index is -2.01. The Bertz CT molecular complexity index is 1550. The van der Waals surface area contributed by atoms with Crippen molar-refractivity contribution in [1.29, 1.82) is 0 Å². The maximum atomic E-state index is 13.2. The van der Waals surface area contributed by atoms with Gasteiger partial charge in [0.2, 0.25) is 5.75 Å². The standard InChI is InChI=1S/C29H24N4O8/c1-2-40-27-17-20(13-15-26(27)41-25-16-14-23(32(36)37)18-24(25)33(38)39)19-30-31-28(34)29(35,21-9-5-3-6-10-21)22-11-7-4-8-12-22/h3-19,35H,2H2,1H3,(H,31,34)/b30-19-. The van der Waals surface area contributed by atoms with Crippen LogP contribution in [0.15, 0.2) is 102 Å². The Morgan fingerprint density at radius 1 is 0.878 bits per heavy atom. The number of carbonyl (C=O) groups is 1. The molecule has 0 aromatic heterocycles. The highest BCUT2D eigenvalue weighted by atomic mass is 16.6. The molecule has 2 N–H and O–H groups in total. The second-order valence-electron chi connectivity index (χ2n) is 8.55. The highest BCUT2D eigenvalue weighted by Gasteiger charge is 2.39. The Hall–Kier alpha value is -5.62. The van der Waals surface area contributed by atoms with Gasteiger partial charge in [0.05, 0.1) is 28.7 Å². The van der Waals surface area contributed by atoms with Gasteiger partial charge in [-0.15, -0.1) is 0 Å². The summed E-state index contributed by atoms with van der Waals surface area (Å²) < 4.78 is 11.3. The summed E-state index contributed by atoms with van der Waals surface area (Å²) in [5, 5.41) is 38.0. The summed E-state index contributed by atoms with van der Waals surface area (Å²) in [6.45, 7) is 1.96. The first-order valence-corrected chi connectivity index (χ1v) is 12.3. The molecule has 0 heterocycles. The van der Waals surface area contributed by atoms with E-state index >= 15 is 0 Å². The normalized spacial score (nSPS) is 11.2. The summed E-state index contributed by atoms with van der Waals surface area (Å²) in [7, 11) is 0. The van der Waals surface area contributed by atoms with Crippen LogP contribution in [-0.4, -0.2) is 33.7 Å². The van der Waals surface area contributed by atoms with Crippen LogP contribution in [0.2, 0.25) is 0 Å². The van der Waals surface area contributed by atoms with Gasteiger partial charge in [0.25, 0.3) is 11.6 Å². The number of nitrogens with zero attached hydrogens (tertiary/aromatic N) is 3. The molecule has 0 atom stereocenters. The number of amides is 1. The van der Waals surface area contributed by atoms with Crippen LogP contribution in [0.5, 0.6) is 17.2 Å². The van der Waals surface area contributed by atoms with E-state index in [1.54, 1.807) is 73.7 Å². The Morgan fingerprint density at radius 3 is 2.05 bits per heavy atom. The second kappa shape index (κ2) is 12.5. The van der Waals surface area contributed by atoms with Crippen LogP contribution in [-0.2, 0) is 10.4 Å². The second-order valence-corrected chi connectivity index (χ2v) is 8.55. The zero-order valence-electron chi connectivity index (χ0n) is 21.7. The number of ether oxygens (including phenoxy) is 2. The molecule has 41 heavy (non-hydrogen) atoms. The van der Waals surface area contributed by atoms with E-state index in [0.717, 1.165) is 18.2 Å². The Balaban J connectivity index is 1.57. The van der Waals surface area contributed by atoms with Crippen LogP contribution in [0.4, 0.5) is 11.4 Å². The Labute approximate surface area is 233 Å². The number of nitro groups is 2. The predicted molar refractivity (Wildman–Crippen MR) is 149 cm³/mol. The molecule has 0 spiro atoms. The lowest BCUT2D eigenvalue weighted by Crippen LogP contribution is -2.43. The van der Waals surface area contributed by atoms with Gasteiger partial charge in [0, 0.05) is 6.07 Å². The van der Waals surface area contributed by atoms with Crippen molar-refractivity contribution >= 4 is 23.5 Å². The van der Waals surface area contributed by atoms with Crippen molar-refractivity contribution in [2.24, 2.45) is 5.10 Å². The van der Waals surface area contributed by atoms with Crippen molar-refractivity contribution in [3.05, 3.63) is 134 Å². The number of carbonyl (C=O) groups excluding carboxylic acids is 1. The van der Waals surface area contributed by atoms with E-state index in [0.29, 0.717) is 16.7 Å². The van der Waals surface area contributed by atoms with Crippen molar-refractivity contribution in [3.63, 3.8) is 0 Å². The molecule has 0 saturated heterocycles. The third-order valence-corrected chi connectivity index (χ3v) is 5.93. The summed E-state index contributed by atoms with van der Waals surface area (Å²) >= 11 is 0. The summed E-state index contributed by atoms with van der Waals surface area (Å²) in [4.78, 5) is 34.2. The van der Waals surface area contributed by atoms with Crippen LogP contribution in [0, 0.1) is 20.2 Å². The maximum Gasteiger partial charge on any atom is 0.318 e. The van der Waals surface area contributed by atoms with Crippen molar-refractivity contribution in [1.82, 2.24) is 5.43 Å². The van der Waals surface area contributed by atoms with Gasteiger partial charge in [-0.05, 0) is 47.9 Å². The Kier molecular flexibility index (Phi) is 8.65. The van der Waals surface area contributed by atoms with E-state index in [-0.39, 0.29) is 23.9 Å². The zero-order chi connectivity index (χ0) is 29.4. The van der Waals surface area contributed by atoms with Crippen LogP contribution in [0.3, 0.4) is 0 Å². The minimum Gasteiger partial charge on any atom is -0.490 e. The first kappa shape index (κ1) is 28.4. The molecule has 0 bridgehead atoms. The van der Waals surface area contributed by atoms with E-state index < -0.39 is 32.7 Å². The van der Waals surface area contributed by atoms with E-state index in [1.807, 2.05) is 0 Å². The number of hydrogen-bond acceptors (Lipinski definition) is 9. The maximum absolute atomic E-state index is 13.2. The van der Waals surface area contributed by atoms with E-state index in [9.17, 15) is 30.1 Å². The van der Waals surface area contributed by atoms with Crippen LogP contribution in [0.25, 0.3) is 0 Å². The zero-order valence-corrected chi connectivity index (χ0v) is 21.7. The highest BCUT2D eigenvalue weighted by Crippen LogP contribution is 2.38. The molecule has 12 heteroatoms. The van der Waals surface area contributed by atoms with E-state index in [1.165, 1.54) is 18.3 Å². The first-order chi connectivity index (χ1) is 19.7. The fraction of sp³-hybridized carbons (Fsp3) is 0.103. The quantitative estimate of drug-likeness (QED) is 0.147. The number of hydrazone groups is 1.